The van der Waals surface area contributed by atoms with Gasteiger partial charge in [0, 0.05) is 5.03 Å². The molecule has 66 valence electrons. The maximum atomic E-state index is 5.76. The monoisotopic (exact) mass is 184 g/mol. The van der Waals surface area contributed by atoms with Crippen LogP contribution in [0.25, 0.3) is 0 Å². The summed E-state index contributed by atoms with van der Waals surface area (Å²) in [5.74, 6) is 3.16. The van der Waals surface area contributed by atoms with Crippen LogP contribution in [0.5, 0.6) is 0 Å². The van der Waals surface area contributed by atoms with Gasteiger partial charge in [-0.1, -0.05) is 24.4 Å². The van der Waals surface area contributed by atoms with Crippen molar-refractivity contribution in [2.75, 3.05) is 6.61 Å². The minimum Gasteiger partial charge on any atom is -0.486 e. The highest BCUT2D eigenvalue weighted by atomic mass is 35.5. The zero-order valence-corrected chi connectivity index (χ0v) is 8.19. The van der Waals surface area contributed by atoms with Crippen LogP contribution in [0.15, 0.2) is 22.9 Å². The Balaban J connectivity index is 3.92. The summed E-state index contributed by atoms with van der Waals surface area (Å²) in [6.45, 7) is 4.14. The maximum Gasteiger partial charge on any atom is 0.148 e. The molecule has 0 fully saturated rings. The van der Waals surface area contributed by atoms with Gasteiger partial charge in [-0.15, -0.1) is 6.42 Å². The van der Waals surface area contributed by atoms with Crippen LogP contribution in [-0.4, -0.2) is 6.61 Å². The number of halogens is 1. The molecular formula is C10H13ClO. The molecule has 0 amide bonds. The predicted octanol–water partition coefficient (Wildman–Crippen LogP) is 3.07. The fraction of sp³-hybridized carbons (Fsp3) is 0.400. The second kappa shape index (κ2) is 6.82. The normalized spacial score (nSPS) is 12.5. The van der Waals surface area contributed by atoms with Crippen molar-refractivity contribution in [3.63, 3.8) is 0 Å². The third kappa shape index (κ3) is 5.88. The van der Waals surface area contributed by atoms with Gasteiger partial charge in [-0.25, -0.2) is 0 Å². The molecule has 0 N–H and O–H groups in total. The Kier molecular flexibility index (Phi) is 6.32. The van der Waals surface area contributed by atoms with Crippen molar-refractivity contribution >= 4 is 11.6 Å². The quantitative estimate of drug-likeness (QED) is 0.371. The summed E-state index contributed by atoms with van der Waals surface area (Å²) in [4.78, 5) is 0. The average molecular weight is 185 g/mol. The summed E-state index contributed by atoms with van der Waals surface area (Å²) in [5.41, 5.74) is 0. The van der Waals surface area contributed by atoms with Gasteiger partial charge in [-0.2, -0.15) is 0 Å². The molecule has 0 saturated carbocycles. The first-order valence-electron chi connectivity index (χ1n) is 3.80. The van der Waals surface area contributed by atoms with Gasteiger partial charge in [-0.3, -0.25) is 0 Å². The number of terminal acetylenes is 1. The standard InChI is InChI=1S/C10H13ClO/c1-4-8-12-9(3)6-7-10(11)5-2/h1,6-7H,5,8H2,2-3H3/b9-6+,10-7+. The molecule has 0 saturated heterocycles. The van der Waals surface area contributed by atoms with Gasteiger partial charge >= 0.3 is 0 Å². The molecule has 0 bridgehead atoms. The highest BCUT2D eigenvalue weighted by Gasteiger charge is 1.86. The minimum absolute atomic E-state index is 0.305. The lowest BCUT2D eigenvalue weighted by atomic mass is 10.3. The highest BCUT2D eigenvalue weighted by molar-refractivity contribution is 6.29. The fourth-order valence-electron chi connectivity index (χ4n) is 0.529. The first-order chi connectivity index (χ1) is 5.70. The van der Waals surface area contributed by atoms with Crippen molar-refractivity contribution < 1.29 is 4.74 Å². The van der Waals surface area contributed by atoms with E-state index >= 15 is 0 Å². The first-order valence-corrected chi connectivity index (χ1v) is 4.17. The fourth-order valence-corrected chi connectivity index (χ4v) is 0.592. The van der Waals surface area contributed by atoms with Crippen LogP contribution in [0, 0.1) is 12.3 Å². The van der Waals surface area contributed by atoms with Crippen molar-refractivity contribution in [1.82, 2.24) is 0 Å². The van der Waals surface area contributed by atoms with E-state index < -0.39 is 0 Å². The second-order valence-electron chi connectivity index (χ2n) is 2.24. The van der Waals surface area contributed by atoms with E-state index in [2.05, 4.69) is 5.92 Å². The molecule has 12 heavy (non-hydrogen) atoms. The van der Waals surface area contributed by atoms with Gasteiger partial charge in [-0.05, 0) is 25.5 Å². The van der Waals surface area contributed by atoms with Gasteiger partial charge in [0.1, 0.15) is 6.61 Å². The maximum absolute atomic E-state index is 5.76. The van der Waals surface area contributed by atoms with E-state index in [1.807, 2.05) is 26.0 Å². The van der Waals surface area contributed by atoms with E-state index in [-0.39, 0.29) is 0 Å². The third-order valence-electron chi connectivity index (χ3n) is 1.22. The number of allylic oxidation sites excluding steroid dienone is 4. The van der Waals surface area contributed by atoms with Crippen molar-refractivity contribution in [3.05, 3.63) is 22.9 Å². The SMILES string of the molecule is C#CCO/C(C)=C/C=C(/Cl)CC. The van der Waals surface area contributed by atoms with Crippen LogP contribution in [-0.2, 0) is 4.74 Å². The molecule has 0 aliphatic rings. The molecule has 0 spiro atoms. The third-order valence-corrected chi connectivity index (χ3v) is 1.61. The molecule has 0 atom stereocenters. The lowest BCUT2D eigenvalue weighted by Gasteiger charge is -1.99. The Bertz CT molecular complexity index is 220. The molecule has 2 heteroatoms. The average Bonchev–Trinajstić information content (AvgIpc) is 2.10. The van der Waals surface area contributed by atoms with Gasteiger partial charge in [0.25, 0.3) is 0 Å². The smallest absolute Gasteiger partial charge is 0.148 e. The molecule has 0 aromatic rings. The van der Waals surface area contributed by atoms with E-state index in [4.69, 9.17) is 22.8 Å². The van der Waals surface area contributed by atoms with Gasteiger partial charge in [0.2, 0.25) is 0 Å². The first kappa shape index (κ1) is 11.1. The lowest BCUT2D eigenvalue weighted by Crippen LogP contribution is -1.87. The Hall–Kier alpha value is -0.870. The Morgan fingerprint density at radius 2 is 2.25 bits per heavy atom. The minimum atomic E-state index is 0.305. The lowest BCUT2D eigenvalue weighted by molar-refractivity contribution is 0.256. The molecule has 0 heterocycles. The van der Waals surface area contributed by atoms with Crippen LogP contribution in [0.1, 0.15) is 20.3 Å². The predicted molar refractivity (Wildman–Crippen MR) is 52.8 cm³/mol. The molecule has 0 aliphatic heterocycles. The van der Waals surface area contributed by atoms with Crippen molar-refractivity contribution in [2.24, 2.45) is 0 Å². The van der Waals surface area contributed by atoms with Gasteiger partial charge in [0.05, 0.1) is 5.76 Å². The van der Waals surface area contributed by atoms with Crippen LogP contribution in [0.3, 0.4) is 0 Å². The largest absolute Gasteiger partial charge is 0.486 e. The number of ether oxygens (including phenoxy) is 1. The molecular weight excluding hydrogens is 172 g/mol. The van der Waals surface area contributed by atoms with E-state index in [0.717, 1.165) is 17.2 Å². The topological polar surface area (TPSA) is 9.23 Å². The molecule has 0 radical (unpaired) electrons. The van der Waals surface area contributed by atoms with Crippen LogP contribution >= 0.6 is 11.6 Å². The van der Waals surface area contributed by atoms with Gasteiger partial charge in [0.15, 0.2) is 0 Å². The van der Waals surface area contributed by atoms with Crippen LogP contribution < -0.4 is 0 Å². The number of rotatable bonds is 4. The molecule has 0 aliphatic carbocycles. The van der Waals surface area contributed by atoms with Crippen molar-refractivity contribution in [3.8, 4) is 12.3 Å². The van der Waals surface area contributed by atoms with Crippen LogP contribution in [0.4, 0.5) is 0 Å². The molecule has 0 aromatic heterocycles. The van der Waals surface area contributed by atoms with E-state index in [1.165, 1.54) is 0 Å². The molecule has 0 aromatic carbocycles. The summed E-state index contributed by atoms with van der Waals surface area (Å²) >= 11 is 5.76. The number of hydrogen-bond acceptors (Lipinski definition) is 1. The Labute approximate surface area is 79.1 Å². The zero-order valence-electron chi connectivity index (χ0n) is 7.43. The molecule has 1 nitrogen and oxygen atoms in total. The zero-order chi connectivity index (χ0) is 9.40. The van der Waals surface area contributed by atoms with E-state index in [0.29, 0.717) is 6.61 Å². The van der Waals surface area contributed by atoms with E-state index in [9.17, 15) is 0 Å². The summed E-state index contributed by atoms with van der Waals surface area (Å²) in [6.07, 6.45) is 9.47. The summed E-state index contributed by atoms with van der Waals surface area (Å²) in [5, 5.41) is 0.804. The number of hydrogen-bond donors (Lipinski definition) is 0. The molecule has 0 rings (SSSR count). The summed E-state index contributed by atoms with van der Waals surface area (Å²) in [6, 6.07) is 0. The van der Waals surface area contributed by atoms with Crippen LogP contribution in [0.2, 0.25) is 0 Å². The van der Waals surface area contributed by atoms with Crippen molar-refractivity contribution in [2.45, 2.75) is 20.3 Å². The highest BCUT2D eigenvalue weighted by Crippen LogP contribution is 2.07. The Morgan fingerprint density at radius 3 is 2.75 bits per heavy atom. The summed E-state index contributed by atoms with van der Waals surface area (Å²) in [7, 11) is 0. The van der Waals surface area contributed by atoms with Gasteiger partial charge < -0.3 is 4.74 Å². The molecule has 0 unspecified atom stereocenters. The van der Waals surface area contributed by atoms with E-state index in [1.54, 1.807) is 0 Å². The van der Waals surface area contributed by atoms with Crippen molar-refractivity contribution in [1.29, 1.82) is 0 Å². The Morgan fingerprint density at radius 1 is 1.58 bits per heavy atom. The summed E-state index contributed by atoms with van der Waals surface area (Å²) < 4.78 is 5.11. The second-order valence-corrected chi connectivity index (χ2v) is 2.72.